The summed E-state index contributed by atoms with van der Waals surface area (Å²) in [5.74, 6) is -0.732. The van der Waals surface area contributed by atoms with Crippen molar-refractivity contribution in [1.82, 2.24) is 4.90 Å². The number of nitrogen functional groups attached to an aromatic ring is 1. The van der Waals surface area contributed by atoms with Gasteiger partial charge in [-0.15, -0.1) is 0 Å². The standard InChI is InChI=1S/C13H14FN3O3/c14-8-4-10(12(15)11(5-8)17(19)20)13(18)16-6-7-1-2-9(16)3-7/h4-5,7,9H,1-3,6,15H2. The number of carbonyl (C=O) groups excluding carboxylic acids is 1. The van der Waals surface area contributed by atoms with E-state index in [0.717, 1.165) is 31.4 Å². The minimum Gasteiger partial charge on any atom is -0.393 e. The molecule has 2 atom stereocenters. The van der Waals surface area contributed by atoms with Crippen LogP contribution in [0.5, 0.6) is 0 Å². The number of nitro benzene ring substituents is 1. The van der Waals surface area contributed by atoms with Gasteiger partial charge in [-0.1, -0.05) is 0 Å². The number of halogens is 1. The number of benzene rings is 1. The lowest BCUT2D eigenvalue weighted by molar-refractivity contribution is -0.384. The first-order valence-corrected chi connectivity index (χ1v) is 6.51. The molecule has 0 spiro atoms. The maximum Gasteiger partial charge on any atom is 0.295 e. The zero-order valence-corrected chi connectivity index (χ0v) is 10.7. The molecule has 1 aliphatic heterocycles. The van der Waals surface area contributed by atoms with Gasteiger partial charge in [-0.3, -0.25) is 14.9 Å². The maximum absolute atomic E-state index is 13.5. The van der Waals surface area contributed by atoms with Gasteiger partial charge in [0.05, 0.1) is 16.6 Å². The number of anilines is 1. The number of amides is 1. The number of rotatable bonds is 2. The van der Waals surface area contributed by atoms with Crippen molar-refractivity contribution in [1.29, 1.82) is 0 Å². The Hall–Kier alpha value is -2.18. The predicted octanol–water partition coefficient (Wildman–Crippen LogP) is 1.94. The summed E-state index contributed by atoms with van der Waals surface area (Å²) in [4.78, 5) is 24.2. The van der Waals surface area contributed by atoms with E-state index in [2.05, 4.69) is 0 Å². The summed E-state index contributed by atoms with van der Waals surface area (Å²) in [7, 11) is 0. The van der Waals surface area contributed by atoms with E-state index in [1.807, 2.05) is 0 Å². The molecule has 2 unspecified atom stereocenters. The minimum atomic E-state index is -0.821. The van der Waals surface area contributed by atoms with Crippen molar-refractivity contribution >= 4 is 17.3 Å². The van der Waals surface area contributed by atoms with Crippen LogP contribution >= 0.6 is 0 Å². The van der Waals surface area contributed by atoms with Gasteiger partial charge in [0, 0.05) is 12.6 Å². The van der Waals surface area contributed by atoms with E-state index in [1.165, 1.54) is 0 Å². The third kappa shape index (κ3) is 1.90. The Morgan fingerprint density at radius 1 is 1.45 bits per heavy atom. The van der Waals surface area contributed by atoms with Crippen LogP contribution in [0.3, 0.4) is 0 Å². The number of nitrogens with two attached hydrogens (primary N) is 1. The first-order chi connectivity index (χ1) is 9.47. The second-order valence-electron chi connectivity index (χ2n) is 5.43. The van der Waals surface area contributed by atoms with Gasteiger partial charge < -0.3 is 10.6 Å². The Kier molecular flexibility index (Phi) is 2.84. The normalized spacial score (nSPS) is 24.1. The van der Waals surface area contributed by atoms with Crippen LogP contribution in [0.4, 0.5) is 15.8 Å². The Morgan fingerprint density at radius 3 is 2.75 bits per heavy atom. The van der Waals surface area contributed by atoms with Crippen LogP contribution in [0.2, 0.25) is 0 Å². The van der Waals surface area contributed by atoms with Crippen LogP contribution in [0, 0.1) is 21.8 Å². The Morgan fingerprint density at radius 2 is 2.20 bits per heavy atom. The molecule has 106 valence electrons. The molecule has 2 aliphatic rings. The molecular formula is C13H14FN3O3. The number of nitro groups is 1. The molecule has 2 fully saturated rings. The van der Waals surface area contributed by atoms with E-state index < -0.39 is 22.3 Å². The minimum absolute atomic E-state index is 0.107. The second kappa shape index (κ2) is 4.43. The van der Waals surface area contributed by atoms with Gasteiger partial charge >= 0.3 is 0 Å². The molecule has 1 aromatic carbocycles. The molecule has 0 aromatic heterocycles. The molecule has 1 aromatic rings. The summed E-state index contributed by atoms with van der Waals surface area (Å²) in [6, 6.07) is 1.88. The number of hydrogen-bond acceptors (Lipinski definition) is 4. The second-order valence-corrected chi connectivity index (χ2v) is 5.43. The molecule has 20 heavy (non-hydrogen) atoms. The Bertz CT molecular complexity index is 605. The van der Waals surface area contributed by atoms with Crippen molar-refractivity contribution in [3.63, 3.8) is 0 Å². The quantitative estimate of drug-likeness (QED) is 0.509. The summed E-state index contributed by atoms with van der Waals surface area (Å²) in [5.41, 5.74) is 4.74. The molecule has 3 rings (SSSR count). The fourth-order valence-corrected chi connectivity index (χ4v) is 3.26. The smallest absolute Gasteiger partial charge is 0.295 e. The number of likely N-dealkylation sites (tertiary alicyclic amines) is 1. The molecule has 1 saturated carbocycles. The van der Waals surface area contributed by atoms with Crippen molar-refractivity contribution in [2.24, 2.45) is 5.92 Å². The van der Waals surface area contributed by atoms with E-state index in [0.29, 0.717) is 12.5 Å². The topological polar surface area (TPSA) is 89.5 Å². The molecule has 1 aliphatic carbocycles. The highest BCUT2D eigenvalue weighted by Gasteiger charge is 2.41. The third-order valence-electron chi connectivity index (χ3n) is 4.22. The highest BCUT2D eigenvalue weighted by molar-refractivity contribution is 6.01. The molecule has 2 N–H and O–H groups in total. The number of nitrogens with zero attached hydrogens (tertiary/aromatic N) is 2. The first-order valence-electron chi connectivity index (χ1n) is 6.51. The number of fused-ring (bicyclic) bond motifs is 2. The van der Waals surface area contributed by atoms with Crippen molar-refractivity contribution in [2.45, 2.75) is 25.3 Å². The molecule has 1 amide bonds. The van der Waals surface area contributed by atoms with Crippen LogP contribution in [0.15, 0.2) is 12.1 Å². The largest absolute Gasteiger partial charge is 0.393 e. The SMILES string of the molecule is Nc1c(C(=O)N2CC3CCC2C3)cc(F)cc1[N+](=O)[O-]. The zero-order chi connectivity index (χ0) is 14.4. The van der Waals surface area contributed by atoms with Gasteiger partial charge in [-0.05, 0) is 31.2 Å². The Labute approximate surface area is 114 Å². The molecule has 6 nitrogen and oxygen atoms in total. The van der Waals surface area contributed by atoms with Crippen LogP contribution in [-0.4, -0.2) is 28.3 Å². The van der Waals surface area contributed by atoms with E-state index in [4.69, 9.17) is 5.73 Å². The van der Waals surface area contributed by atoms with E-state index in [1.54, 1.807) is 4.90 Å². The highest BCUT2D eigenvalue weighted by atomic mass is 19.1. The van der Waals surface area contributed by atoms with Crippen molar-refractivity contribution in [3.8, 4) is 0 Å². The first kappa shape index (κ1) is 12.8. The number of piperidine rings is 1. The van der Waals surface area contributed by atoms with Crippen LogP contribution in [0.25, 0.3) is 0 Å². The van der Waals surface area contributed by atoms with E-state index >= 15 is 0 Å². The monoisotopic (exact) mass is 279 g/mol. The lowest BCUT2D eigenvalue weighted by Gasteiger charge is -2.27. The summed E-state index contributed by atoms with van der Waals surface area (Å²) in [6.45, 7) is 0.632. The van der Waals surface area contributed by atoms with Gasteiger partial charge in [0.2, 0.25) is 0 Å². The van der Waals surface area contributed by atoms with Crippen LogP contribution < -0.4 is 5.73 Å². The number of carbonyl (C=O) groups is 1. The van der Waals surface area contributed by atoms with Gasteiger partial charge in [0.15, 0.2) is 0 Å². The fourth-order valence-electron chi connectivity index (χ4n) is 3.26. The third-order valence-corrected chi connectivity index (χ3v) is 4.22. The lowest BCUT2D eigenvalue weighted by Crippen LogP contribution is -2.38. The van der Waals surface area contributed by atoms with Gasteiger partial charge in [-0.2, -0.15) is 0 Å². The molecule has 2 bridgehead atoms. The van der Waals surface area contributed by atoms with Crippen LogP contribution in [0.1, 0.15) is 29.6 Å². The molecular weight excluding hydrogens is 265 g/mol. The van der Waals surface area contributed by atoms with Crippen molar-refractivity contribution in [3.05, 3.63) is 33.6 Å². The summed E-state index contributed by atoms with van der Waals surface area (Å²) < 4.78 is 13.5. The van der Waals surface area contributed by atoms with E-state index in [-0.39, 0.29) is 17.3 Å². The van der Waals surface area contributed by atoms with Crippen LogP contribution in [-0.2, 0) is 0 Å². The predicted molar refractivity (Wildman–Crippen MR) is 69.6 cm³/mol. The maximum atomic E-state index is 13.5. The van der Waals surface area contributed by atoms with Gasteiger partial charge in [-0.25, -0.2) is 4.39 Å². The molecule has 0 radical (unpaired) electrons. The van der Waals surface area contributed by atoms with E-state index in [9.17, 15) is 19.3 Å². The van der Waals surface area contributed by atoms with Crippen molar-refractivity contribution < 1.29 is 14.1 Å². The zero-order valence-electron chi connectivity index (χ0n) is 10.7. The Balaban J connectivity index is 1.97. The lowest BCUT2D eigenvalue weighted by atomic mass is 10.1. The summed E-state index contributed by atoms with van der Waals surface area (Å²) >= 11 is 0. The summed E-state index contributed by atoms with van der Waals surface area (Å²) in [5, 5.41) is 10.8. The molecule has 1 saturated heterocycles. The van der Waals surface area contributed by atoms with Gasteiger partial charge in [0.25, 0.3) is 11.6 Å². The molecule has 1 heterocycles. The average molecular weight is 279 g/mol. The molecule has 7 heteroatoms. The fraction of sp³-hybridized carbons (Fsp3) is 0.462. The number of hydrogen-bond donors (Lipinski definition) is 1. The van der Waals surface area contributed by atoms with Gasteiger partial charge in [0.1, 0.15) is 11.5 Å². The highest BCUT2D eigenvalue weighted by Crippen LogP contribution is 2.39. The van der Waals surface area contributed by atoms with Crippen molar-refractivity contribution in [2.75, 3.05) is 12.3 Å². The summed E-state index contributed by atoms with van der Waals surface area (Å²) in [6.07, 6.45) is 3.00. The average Bonchev–Trinajstić information content (AvgIpc) is 3.02.